The van der Waals surface area contributed by atoms with Gasteiger partial charge in [0.05, 0.1) is 0 Å². The van der Waals surface area contributed by atoms with Crippen molar-refractivity contribution < 1.29 is 4.74 Å². The number of piperidine rings is 1. The Morgan fingerprint density at radius 2 is 2.07 bits per heavy atom. The molecule has 0 radical (unpaired) electrons. The van der Waals surface area contributed by atoms with E-state index < -0.39 is 0 Å². The minimum atomic E-state index is 0.707. The maximum absolute atomic E-state index is 4.25. The third-order valence-electron chi connectivity index (χ3n) is 2.31. The molecule has 1 rings (SSSR count). The fraction of sp³-hybridized carbons (Fsp3) is 1.00. The molecule has 3 nitrogen and oxygen atoms in total. The van der Waals surface area contributed by atoms with E-state index in [1.54, 1.807) is 14.2 Å². The quantitative estimate of drug-likeness (QED) is 0.725. The van der Waals surface area contributed by atoms with Crippen molar-refractivity contribution in [2.75, 3.05) is 27.3 Å². The minimum absolute atomic E-state index is 0.707. The van der Waals surface area contributed by atoms with E-state index in [2.05, 4.69) is 29.2 Å². The molecule has 2 atom stereocenters. The molecule has 1 aliphatic heterocycles. The van der Waals surface area contributed by atoms with Gasteiger partial charge in [-0.05, 0) is 39.3 Å². The van der Waals surface area contributed by atoms with E-state index >= 15 is 0 Å². The fourth-order valence-electron chi connectivity index (χ4n) is 1.67. The van der Waals surface area contributed by atoms with Crippen molar-refractivity contribution in [1.82, 2.24) is 10.6 Å². The zero-order chi connectivity index (χ0) is 10.8. The second kappa shape index (κ2) is 9.44. The molecule has 2 unspecified atom stereocenters. The second-order valence-electron chi connectivity index (χ2n) is 3.94. The zero-order valence-corrected chi connectivity index (χ0v) is 10.1. The molecule has 0 bridgehead atoms. The van der Waals surface area contributed by atoms with Crippen LogP contribution in [-0.4, -0.2) is 39.4 Å². The predicted molar refractivity (Wildman–Crippen MR) is 61.7 cm³/mol. The van der Waals surface area contributed by atoms with Gasteiger partial charge in [0.25, 0.3) is 0 Å². The fourth-order valence-corrected chi connectivity index (χ4v) is 1.67. The standard InChI is InChI=1S/C9H20N2.C2H6O/c1-3-5-11-9-4-6-10-8(2)7-9;1-3-2/h8-11H,3-7H2,1-2H3;1-2H3. The van der Waals surface area contributed by atoms with E-state index in [0.717, 1.165) is 6.04 Å². The van der Waals surface area contributed by atoms with E-state index in [1.807, 2.05) is 0 Å². The zero-order valence-electron chi connectivity index (χ0n) is 10.1. The number of hydrogen-bond donors (Lipinski definition) is 2. The summed E-state index contributed by atoms with van der Waals surface area (Å²) in [7, 11) is 3.25. The smallest absolute Gasteiger partial charge is 0.0351 e. The Balaban J connectivity index is 0.000000500. The first-order chi connectivity index (χ1) is 6.74. The van der Waals surface area contributed by atoms with Gasteiger partial charge in [0.15, 0.2) is 0 Å². The van der Waals surface area contributed by atoms with Crippen molar-refractivity contribution in [3.8, 4) is 0 Å². The molecule has 0 amide bonds. The average molecular weight is 202 g/mol. The normalized spacial score (nSPS) is 26.6. The molecule has 0 aromatic carbocycles. The molecule has 86 valence electrons. The van der Waals surface area contributed by atoms with Crippen LogP contribution in [-0.2, 0) is 4.74 Å². The summed E-state index contributed by atoms with van der Waals surface area (Å²) in [6, 6.07) is 1.48. The van der Waals surface area contributed by atoms with Gasteiger partial charge in [-0.1, -0.05) is 6.92 Å². The third-order valence-corrected chi connectivity index (χ3v) is 2.31. The lowest BCUT2D eigenvalue weighted by atomic mass is 10.0. The summed E-state index contributed by atoms with van der Waals surface area (Å²) in [6.07, 6.45) is 3.84. The molecule has 2 N–H and O–H groups in total. The number of hydrogen-bond acceptors (Lipinski definition) is 3. The first kappa shape index (κ1) is 13.9. The summed E-state index contributed by atoms with van der Waals surface area (Å²) in [6.45, 7) is 6.84. The van der Waals surface area contributed by atoms with Gasteiger partial charge < -0.3 is 15.4 Å². The summed E-state index contributed by atoms with van der Waals surface area (Å²) in [5.74, 6) is 0. The van der Waals surface area contributed by atoms with E-state index in [0.29, 0.717) is 6.04 Å². The number of nitrogens with one attached hydrogen (secondary N) is 2. The highest BCUT2D eigenvalue weighted by Crippen LogP contribution is 2.07. The summed E-state index contributed by atoms with van der Waals surface area (Å²) in [4.78, 5) is 0. The maximum atomic E-state index is 4.25. The van der Waals surface area contributed by atoms with Crippen molar-refractivity contribution in [3.05, 3.63) is 0 Å². The summed E-state index contributed by atoms with van der Waals surface area (Å²) in [5.41, 5.74) is 0. The van der Waals surface area contributed by atoms with Crippen LogP contribution in [0.25, 0.3) is 0 Å². The van der Waals surface area contributed by atoms with Crippen LogP contribution < -0.4 is 10.6 Å². The molecule has 0 spiro atoms. The highest BCUT2D eigenvalue weighted by Gasteiger charge is 2.16. The van der Waals surface area contributed by atoms with Gasteiger partial charge in [0.1, 0.15) is 0 Å². The molecule has 1 heterocycles. The van der Waals surface area contributed by atoms with Crippen molar-refractivity contribution in [2.24, 2.45) is 0 Å². The first-order valence-corrected chi connectivity index (χ1v) is 5.61. The Labute approximate surface area is 88.6 Å². The molecular formula is C11H26N2O. The molecule has 3 heteroatoms. The van der Waals surface area contributed by atoms with Crippen LogP contribution >= 0.6 is 0 Å². The Morgan fingerprint density at radius 3 is 2.57 bits per heavy atom. The largest absolute Gasteiger partial charge is 0.388 e. The van der Waals surface area contributed by atoms with Crippen LogP contribution in [0.4, 0.5) is 0 Å². The highest BCUT2D eigenvalue weighted by atomic mass is 16.4. The molecular weight excluding hydrogens is 176 g/mol. The third kappa shape index (κ3) is 7.30. The number of ether oxygens (including phenoxy) is 1. The lowest BCUT2D eigenvalue weighted by molar-refractivity contribution is 0.277. The molecule has 1 saturated heterocycles. The van der Waals surface area contributed by atoms with E-state index in [9.17, 15) is 0 Å². The van der Waals surface area contributed by atoms with E-state index in [4.69, 9.17) is 0 Å². The maximum Gasteiger partial charge on any atom is 0.0351 e. The van der Waals surface area contributed by atoms with Gasteiger partial charge in [-0.15, -0.1) is 0 Å². The Bertz CT molecular complexity index is 120. The van der Waals surface area contributed by atoms with E-state index in [-0.39, 0.29) is 0 Å². The van der Waals surface area contributed by atoms with Crippen LogP contribution in [0.2, 0.25) is 0 Å². The van der Waals surface area contributed by atoms with Crippen molar-refractivity contribution >= 4 is 0 Å². The second-order valence-corrected chi connectivity index (χ2v) is 3.94. The SMILES string of the molecule is CCCNC1CCNC(C)C1.COC. The summed E-state index contributed by atoms with van der Waals surface area (Å²) >= 11 is 0. The predicted octanol–water partition coefficient (Wildman–Crippen LogP) is 1.39. The lowest BCUT2D eigenvalue weighted by Gasteiger charge is -2.28. The number of rotatable bonds is 3. The minimum Gasteiger partial charge on any atom is -0.388 e. The van der Waals surface area contributed by atoms with Gasteiger partial charge in [-0.2, -0.15) is 0 Å². The molecule has 0 aromatic heterocycles. The first-order valence-electron chi connectivity index (χ1n) is 5.61. The summed E-state index contributed by atoms with van der Waals surface area (Å²) < 4.78 is 4.25. The molecule has 0 saturated carbocycles. The van der Waals surface area contributed by atoms with Crippen LogP contribution in [0.1, 0.15) is 33.1 Å². The summed E-state index contributed by atoms with van der Waals surface area (Å²) in [5, 5.41) is 7.01. The van der Waals surface area contributed by atoms with Gasteiger partial charge in [0, 0.05) is 26.3 Å². The Hall–Kier alpha value is -0.120. The molecule has 0 aromatic rings. The molecule has 1 aliphatic rings. The molecule has 1 fully saturated rings. The average Bonchev–Trinajstić information content (AvgIpc) is 2.16. The Kier molecular flexibility index (Phi) is 9.35. The Morgan fingerprint density at radius 1 is 1.43 bits per heavy atom. The van der Waals surface area contributed by atoms with Gasteiger partial charge in [0.2, 0.25) is 0 Å². The number of methoxy groups -OCH3 is 1. The molecule has 0 aliphatic carbocycles. The van der Waals surface area contributed by atoms with Gasteiger partial charge >= 0.3 is 0 Å². The van der Waals surface area contributed by atoms with Crippen molar-refractivity contribution in [1.29, 1.82) is 0 Å². The van der Waals surface area contributed by atoms with Crippen LogP contribution in [0.15, 0.2) is 0 Å². The van der Waals surface area contributed by atoms with Crippen molar-refractivity contribution in [3.63, 3.8) is 0 Å². The highest BCUT2D eigenvalue weighted by molar-refractivity contribution is 4.79. The van der Waals surface area contributed by atoms with Crippen LogP contribution in [0, 0.1) is 0 Å². The van der Waals surface area contributed by atoms with Gasteiger partial charge in [-0.3, -0.25) is 0 Å². The topological polar surface area (TPSA) is 33.3 Å². The lowest BCUT2D eigenvalue weighted by Crippen LogP contribution is -2.44. The van der Waals surface area contributed by atoms with Crippen LogP contribution in [0.5, 0.6) is 0 Å². The van der Waals surface area contributed by atoms with Gasteiger partial charge in [-0.25, -0.2) is 0 Å². The van der Waals surface area contributed by atoms with Crippen molar-refractivity contribution in [2.45, 2.75) is 45.2 Å². The van der Waals surface area contributed by atoms with Crippen LogP contribution in [0.3, 0.4) is 0 Å². The molecule has 14 heavy (non-hydrogen) atoms. The monoisotopic (exact) mass is 202 g/mol. The van der Waals surface area contributed by atoms with E-state index in [1.165, 1.54) is 32.4 Å².